The molecular formula is C16H22ClN5O. The van der Waals surface area contributed by atoms with Gasteiger partial charge in [0.15, 0.2) is 0 Å². The first kappa shape index (κ1) is 17.4. The van der Waals surface area contributed by atoms with Crippen LogP contribution in [-0.2, 0) is 11.2 Å². The summed E-state index contributed by atoms with van der Waals surface area (Å²) in [5.74, 6) is 0.546. The van der Waals surface area contributed by atoms with E-state index in [9.17, 15) is 4.79 Å². The van der Waals surface area contributed by atoms with Gasteiger partial charge in [-0.15, -0.1) is 17.5 Å². The number of carbonyl (C=O) groups is 1. The second-order valence-corrected chi connectivity index (χ2v) is 5.78. The fourth-order valence-electron chi connectivity index (χ4n) is 2.84. The first-order chi connectivity index (χ1) is 10.7. The lowest BCUT2D eigenvalue weighted by atomic mass is 10.1. The highest BCUT2D eigenvalue weighted by Crippen LogP contribution is 2.17. The van der Waals surface area contributed by atoms with Crippen LogP contribution in [0.1, 0.15) is 17.8 Å². The Hall–Kier alpha value is -1.92. The van der Waals surface area contributed by atoms with Crippen LogP contribution in [0.15, 0.2) is 30.3 Å². The van der Waals surface area contributed by atoms with Crippen LogP contribution in [0.4, 0.5) is 0 Å². The van der Waals surface area contributed by atoms with Gasteiger partial charge in [0, 0.05) is 13.1 Å². The monoisotopic (exact) mass is 335 g/mol. The maximum absolute atomic E-state index is 12.4. The number of hydrogen-bond acceptors (Lipinski definition) is 4. The third-order valence-electron chi connectivity index (χ3n) is 4.28. The standard InChI is InChI=1S/C16H21N5O.ClH/c1-12-15(9-16(22)20-8-7-13(10-17)11-20)18-19-21(12)14-5-3-2-4-6-14;/h2-6,13H,7-11,17H2,1H3;1H. The number of halogens is 1. The molecule has 1 aromatic heterocycles. The molecule has 0 saturated carbocycles. The van der Waals surface area contributed by atoms with Gasteiger partial charge in [0.05, 0.1) is 23.5 Å². The molecule has 6 nitrogen and oxygen atoms in total. The molecule has 1 aliphatic heterocycles. The van der Waals surface area contributed by atoms with Gasteiger partial charge in [0.1, 0.15) is 0 Å². The summed E-state index contributed by atoms with van der Waals surface area (Å²) in [4.78, 5) is 14.3. The van der Waals surface area contributed by atoms with E-state index in [0.717, 1.165) is 36.6 Å². The molecule has 1 saturated heterocycles. The molecule has 3 rings (SSSR count). The van der Waals surface area contributed by atoms with E-state index in [1.165, 1.54) is 0 Å². The summed E-state index contributed by atoms with van der Waals surface area (Å²) in [5.41, 5.74) is 8.28. The first-order valence-electron chi connectivity index (χ1n) is 7.63. The molecule has 1 aromatic carbocycles. The van der Waals surface area contributed by atoms with Gasteiger partial charge in [0.25, 0.3) is 0 Å². The summed E-state index contributed by atoms with van der Waals surface area (Å²) in [5, 5.41) is 8.36. The molecule has 23 heavy (non-hydrogen) atoms. The van der Waals surface area contributed by atoms with Crippen molar-refractivity contribution < 1.29 is 4.79 Å². The minimum Gasteiger partial charge on any atom is -0.342 e. The number of amides is 1. The summed E-state index contributed by atoms with van der Waals surface area (Å²) in [6, 6.07) is 9.82. The number of nitrogens with two attached hydrogens (primary N) is 1. The zero-order chi connectivity index (χ0) is 15.5. The third kappa shape index (κ3) is 3.71. The molecule has 0 radical (unpaired) electrons. The lowest BCUT2D eigenvalue weighted by Crippen LogP contribution is -2.31. The predicted molar refractivity (Wildman–Crippen MR) is 90.8 cm³/mol. The maximum Gasteiger partial charge on any atom is 0.228 e. The van der Waals surface area contributed by atoms with Gasteiger partial charge >= 0.3 is 0 Å². The SMILES string of the molecule is Cc1c(CC(=O)N2CCC(CN)C2)nnn1-c1ccccc1.Cl. The lowest BCUT2D eigenvalue weighted by molar-refractivity contribution is -0.129. The Morgan fingerprint density at radius 1 is 1.35 bits per heavy atom. The Morgan fingerprint density at radius 2 is 2.09 bits per heavy atom. The number of hydrogen-bond donors (Lipinski definition) is 1. The largest absolute Gasteiger partial charge is 0.342 e. The Kier molecular flexibility index (Phi) is 5.74. The van der Waals surface area contributed by atoms with Gasteiger partial charge < -0.3 is 10.6 Å². The van der Waals surface area contributed by atoms with Crippen molar-refractivity contribution in [2.75, 3.05) is 19.6 Å². The van der Waals surface area contributed by atoms with E-state index in [-0.39, 0.29) is 18.3 Å². The first-order valence-corrected chi connectivity index (χ1v) is 7.63. The Labute approximate surface area is 142 Å². The Balaban J connectivity index is 0.00000192. The van der Waals surface area contributed by atoms with Gasteiger partial charge in [0.2, 0.25) is 5.91 Å². The Bertz CT molecular complexity index is 658. The number of benzene rings is 1. The van der Waals surface area contributed by atoms with E-state index in [2.05, 4.69) is 10.3 Å². The average Bonchev–Trinajstić information content (AvgIpc) is 3.16. The van der Waals surface area contributed by atoms with Gasteiger partial charge in [-0.05, 0) is 37.9 Å². The molecule has 124 valence electrons. The third-order valence-corrected chi connectivity index (χ3v) is 4.28. The summed E-state index contributed by atoms with van der Waals surface area (Å²) >= 11 is 0. The minimum absolute atomic E-state index is 0. The second-order valence-electron chi connectivity index (χ2n) is 5.78. The van der Waals surface area contributed by atoms with E-state index in [4.69, 9.17) is 5.73 Å². The maximum atomic E-state index is 12.4. The highest BCUT2D eigenvalue weighted by Gasteiger charge is 2.26. The van der Waals surface area contributed by atoms with Crippen LogP contribution < -0.4 is 5.73 Å². The van der Waals surface area contributed by atoms with Crippen molar-refractivity contribution in [2.45, 2.75) is 19.8 Å². The Morgan fingerprint density at radius 3 is 2.74 bits per heavy atom. The van der Waals surface area contributed by atoms with Crippen LogP contribution in [0.5, 0.6) is 0 Å². The number of aromatic nitrogens is 3. The molecular weight excluding hydrogens is 314 g/mol. The highest BCUT2D eigenvalue weighted by atomic mass is 35.5. The van der Waals surface area contributed by atoms with Crippen LogP contribution in [0.2, 0.25) is 0 Å². The van der Waals surface area contributed by atoms with Crippen molar-refractivity contribution in [1.82, 2.24) is 19.9 Å². The number of likely N-dealkylation sites (tertiary alicyclic amines) is 1. The molecule has 2 aromatic rings. The summed E-state index contributed by atoms with van der Waals surface area (Å²) in [6.07, 6.45) is 1.30. The number of nitrogens with zero attached hydrogens (tertiary/aromatic N) is 4. The van der Waals surface area contributed by atoms with E-state index in [0.29, 0.717) is 18.9 Å². The topological polar surface area (TPSA) is 77.0 Å². The molecule has 1 unspecified atom stereocenters. The van der Waals surface area contributed by atoms with Gasteiger partial charge in [-0.3, -0.25) is 4.79 Å². The molecule has 0 spiro atoms. The van der Waals surface area contributed by atoms with Gasteiger partial charge in [-0.1, -0.05) is 23.4 Å². The fourth-order valence-corrected chi connectivity index (χ4v) is 2.84. The van der Waals surface area contributed by atoms with Gasteiger partial charge in [-0.25, -0.2) is 4.68 Å². The zero-order valence-electron chi connectivity index (χ0n) is 13.2. The molecule has 2 N–H and O–H groups in total. The molecule has 1 amide bonds. The molecule has 0 bridgehead atoms. The average molecular weight is 336 g/mol. The molecule has 1 fully saturated rings. The van der Waals surface area contributed by atoms with E-state index >= 15 is 0 Å². The molecule has 7 heteroatoms. The van der Waals surface area contributed by atoms with Crippen molar-refractivity contribution in [3.63, 3.8) is 0 Å². The normalized spacial score (nSPS) is 17.1. The fraction of sp³-hybridized carbons (Fsp3) is 0.438. The van der Waals surface area contributed by atoms with E-state index in [1.807, 2.05) is 42.2 Å². The van der Waals surface area contributed by atoms with E-state index < -0.39 is 0 Å². The molecule has 2 heterocycles. The molecule has 0 aliphatic carbocycles. The van der Waals surface area contributed by atoms with Crippen LogP contribution in [0, 0.1) is 12.8 Å². The number of carbonyl (C=O) groups excluding carboxylic acids is 1. The second kappa shape index (κ2) is 7.57. The summed E-state index contributed by atoms with van der Waals surface area (Å²) in [6.45, 7) is 4.16. The predicted octanol–water partition coefficient (Wildman–Crippen LogP) is 1.35. The smallest absolute Gasteiger partial charge is 0.228 e. The van der Waals surface area contributed by atoms with Crippen molar-refractivity contribution in [3.8, 4) is 5.69 Å². The van der Waals surface area contributed by atoms with Crippen molar-refractivity contribution in [3.05, 3.63) is 41.7 Å². The van der Waals surface area contributed by atoms with Crippen LogP contribution in [0.25, 0.3) is 5.69 Å². The van der Waals surface area contributed by atoms with E-state index in [1.54, 1.807) is 4.68 Å². The summed E-state index contributed by atoms with van der Waals surface area (Å²) in [7, 11) is 0. The quantitative estimate of drug-likeness (QED) is 0.915. The van der Waals surface area contributed by atoms with Crippen LogP contribution in [0.3, 0.4) is 0 Å². The van der Waals surface area contributed by atoms with Crippen molar-refractivity contribution >= 4 is 18.3 Å². The molecule has 1 atom stereocenters. The lowest BCUT2D eigenvalue weighted by Gasteiger charge is -2.15. The van der Waals surface area contributed by atoms with Gasteiger partial charge in [-0.2, -0.15) is 0 Å². The molecule has 1 aliphatic rings. The minimum atomic E-state index is 0. The van der Waals surface area contributed by atoms with Crippen molar-refractivity contribution in [2.24, 2.45) is 11.7 Å². The van der Waals surface area contributed by atoms with Crippen molar-refractivity contribution in [1.29, 1.82) is 0 Å². The summed E-state index contributed by atoms with van der Waals surface area (Å²) < 4.78 is 1.77. The number of rotatable bonds is 4. The van der Waals surface area contributed by atoms with Crippen LogP contribution >= 0.6 is 12.4 Å². The zero-order valence-corrected chi connectivity index (χ0v) is 14.0. The highest BCUT2D eigenvalue weighted by molar-refractivity contribution is 5.85. The van der Waals surface area contributed by atoms with Crippen LogP contribution in [-0.4, -0.2) is 45.4 Å². The number of para-hydroxylation sites is 1.